The molecule has 15 heavy (non-hydrogen) atoms. The lowest BCUT2D eigenvalue weighted by Crippen LogP contribution is -1.83. The summed E-state index contributed by atoms with van der Waals surface area (Å²) in [4.78, 5) is 0. The first-order valence-corrected chi connectivity index (χ1v) is 6.27. The summed E-state index contributed by atoms with van der Waals surface area (Å²) in [7, 11) is 0. The van der Waals surface area contributed by atoms with Gasteiger partial charge in [0.2, 0.25) is 0 Å². The molecule has 0 N–H and O–H groups in total. The molecule has 0 heterocycles. The Kier molecular flexibility index (Phi) is 24.9. The fourth-order valence-electron chi connectivity index (χ4n) is 1.16. The highest BCUT2D eigenvalue weighted by molar-refractivity contribution is 5.31. The van der Waals surface area contributed by atoms with Crippen LogP contribution in [0.5, 0.6) is 0 Å². The molecule has 0 heteroatoms. The minimum absolute atomic E-state index is 1.08. The zero-order valence-corrected chi connectivity index (χ0v) is 11.9. The van der Waals surface area contributed by atoms with Crippen LogP contribution in [-0.4, -0.2) is 0 Å². The maximum Gasteiger partial charge on any atom is -0.0305 e. The monoisotopic (exact) mass is 210 g/mol. The van der Waals surface area contributed by atoms with Crippen molar-refractivity contribution in [1.29, 1.82) is 0 Å². The number of rotatable bonds is 4. The van der Waals surface area contributed by atoms with Crippen LogP contribution in [0.25, 0.3) is 0 Å². The lowest BCUT2D eigenvalue weighted by molar-refractivity contribution is 1.05. The minimum Gasteiger partial charge on any atom is -0.0988 e. The first-order chi connectivity index (χ1) is 7.29. The van der Waals surface area contributed by atoms with Gasteiger partial charge < -0.3 is 0 Å². The Balaban J connectivity index is -0.000000318. The molecule has 0 atom stereocenters. The van der Waals surface area contributed by atoms with Crippen LogP contribution in [0.1, 0.15) is 61.3 Å². The molecule has 0 rings (SSSR count). The van der Waals surface area contributed by atoms with E-state index in [4.69, 9.17) is 0 Å². The van der Waals surface area contributed by atoms with Gasteiger partial charge in [-0.1, -0.05) is 66.3 Å². The van der Waals surface area contributed by atoms with Gasteiger partial charge >= 0.3 is 0 Å². The van der Waals surface area contributed by atoms with Gasteiger partial charge in [0, 0.05) is 0 Å². The summed E-state index contributed by atoms with van der Waals surface area (Å²) in [6.45, 7) is 18.2. The van der Waals surface area contributed by atoms with Crippen molar-refractivity contribution in [3.63, 3.8) is 0 Å². The quantitative estimate of drug-likeness (QED) is 0.505. The topological polar surface area (TPSA) is 0 Å². The molecule has 0 aliphatic carbocycles. The average molecular weight is 210 g/mol. The smallest absolute Gasteiger partial charge is 0.0305 e. The molecule has 0 nitrogen and oxygen atoms in total. The number of hydrogen-bond donors (Lipinski definition) is 0. The van der Waals surface area contributed by atoms with Gasteiger partial charge in [-0.05, 0) is 30.9 Å². The van der Waals surface area contributed by atoms with Gasteiger partial charge in [-0.3, -0.25) is 0 Å². The van der Waals surface area contributed by atoms with E-state index in [-0.39, 0.29) is 0 Å². The second kappa shape index (κ2) is 18.9. The summed E-state index contributed by atoms with van der Waals surface area (Å²) in [5.41, 5.74) is 2.77. The molecule has 0 unspecified atom stereocenters. The van der Waals surface area contributed by atoms with Gasteiger partial charge in [0.25, 0.3) is 0 Å². The average Bonchev–Trinajstić information content (AvgIpc) is 2.34. The summed E-state index contributed by atoms with van der Waals surface area (Å²) in [6, 6.07) is 0. The van der Waals surface area contributed by atoms with Gasteiger partial charge in [0.1, 0.15) is 0 Å². The van der Waals surface area contributed by atoms with E-state index >= 15 is 0 Å². The molecule has 0 saturated heterocycles. The Bertz CT molecular complexity index is 170. The van der Waals surface area contributed by atoms with Crippen molar-refractivity contribution in [2.45, 2.75) is 61.3 Å². The van der Waals surface area contributed by atoms with Crippen LogP contribution >= 0.6 is 0 Å². The molecule has 0 saturated carbocycles. The molecule has 0 bridgehead atoms. The van der Waals surface area contributed by atoms with Crippen molar-refractivity contribution < 1.29 is 0 Å². The zero-order valence-electron chi connectivity index (χ0n) is 11.9. The summed E-state index contributed by atoms with van der Waals surface area (Å²) >= 11 is 0. The molecule has 0 fully saturated rings. The fraction of sp³-hybridized carbons (Fsp3) is 0.600. The SMILES string of the molecule is C=C/C(CC)=C(\C=C/C)CC.CC.CC. The number of hydrogen-bond acceptors (Lipinski definition) is 0. The lowest BCUT2D eigenvalue weighted by atomic mass is 10.0. The van der Waals surface area contributed by atoms with Crippen LogP contribution in [0.4, 0.5) is 0 Å². The van der Waals surface area contributed by atoms with Crippen LogP contribution in [0, 0.1) is 0 Å². The Hall–Kier alpha value is -0.780. The Labute approximate surface area is 97.8 Å². The molecule has 0 aliphatic heterocycles. The summed E-state index contributed by atoms with van der Waals surface area (Å²) < 4.78 is 0. The summed E-state index contributed by atoms with van der Waals surface area (Å²) in [5.74, 6) is 0. The maximum absolute atomic E-state index is 3.79. The lowest BCUT2D eigenvalue weighted by Gasteiger charge is -2.03. The van der Waals surface area contributed by atoms with E-state index < -0.39 is 0 Å². The van der Waals surface area contributed by atoms with E-state index in [1.807, 2.05) is 40.7 Å². The van der Waals surface area contributed by atoms with E-state index in [2.05, 4.69) is 32.6 Å². The third-order valence-electron chi connectivity index (χ3n) is 1.79. The van der Waals surface area contributed by atoms with Crippen molar-refractivity contribution in [3.05, 3.63) is 36.0 Å². The summed E-state index contributed by atoms with van der Waals surface area (Å²) in [6.07, 6.45) is 8.38. The predicted octanol–water partition coefficient (Wildman–Crippen LogP) is 5.92. The van der Waals surface area contributed by atoms with Gasteiger partial charge in [0.05, 0.1) is 0 Å². The van der Waals surface area contributed by atoms with E-state index in [9.17, 15) is 0 Å². The minimum atomic E-state index is 1.08. The van der Waals surface area contributed by atoms with Crippen LogP contribution < -0.4 is 0 Å². The van der Waals surface area contributed by atoms with Gasteiger partial charge in [-0.25, -0.2) is 0 Å². The van der Waals surface area contributed by atoms with Gasteiger partial charge in [-0.15, -0.1) is 0 Å². The molecular formula is C15H30. The van der Waals surface area contributed by atoms with E-state index in [0.717, 1.165) is 12.8 Å². The Morgan fingerprint density at radius 2 is 1.33 bits per heavy atom. The van der Waals surface area contributed by atoms with E-state index in [0.29, 0.717) is 0 Å². The normalized spacial score (nSPS) is 10.6. The highest BCUT2D eigenvalue weighted by atomic mass is 14.0. The third kappa shape index (κ3) is 11.1. The van der Waals surface area contributed by atoms with Crippen molar-refractivity contribution in [1.82, 2.24) is 0 Å². The molecule has 0 radical (unpaired) electrons. The maximum atomic E-state index is 3.79. The molecule has 0 aliphatic rings. The van der Waals surface area contributed by atoms with Crippen molar-refractivity contribution in [2.24, 2.45) is 0 Å². The van der Waals surface area contributed by atoms with E-state index in [1.54, 1.807) is 0 Å². The molecule has 0 amide bonds. The summed E-state index contributed by atoms with van der Waals surface area (Å²) in [5, 5.41) is 0. The highest BCUT2D eigenvalue weighted by Gasteiger charge is 1.94. The third-order valence-corrected chi connectivity index (χ3v) is 1.79. The number of allylic oxidation sites excluding steroid dienone is 5. The van der Waals surface area contributed by atoms with Crippen molar-refractivity contribution >= 4 is 0 Å². The van der Waals surface area contributed by atoms with Crippen LogP contribution in [0.15, 0.2) is 36.0 Å². The highest BCUT2D eigenvalue weighted by Crippen LogP contribution is 2.14. The molecule has 90 valence electrons. The van der Waals surface area contributed by atoms with Crippen molar-refractivity contribution in [3.8, 4) is 0 Å². The molecule has 0 aromatic heterocycles. The first kappa shape index (κ1) is 19.7. The Morgan fingerprint density at radius 1 is 0.933 bits per heavy atom. The standard InChI is InChI=1S/C11H18.2C2H6/c1-5-9-11(8-4)10(6-2)7-3;2*1-2/h5-6,9H,2,7-8H2,1,3-4H3;2*1-2H3/b9-5-,11-10+;;. The van der Waals surface area contributed by atoms with Crippen LogP contribution in [0.3, 0.4) is 0 Å². The van der Waals surface area contributed by atoms with Crippen molar-refractivity contribution in [2.75, 3.05) is 0 Å². The van der Waals surface area contributed by atoms with E-state index in [1.165, 1.54) is 11.1 Å². The molecule has 0 spiro atoms. The molecular weight excluding hydrogens is 180 g/mol. The molecule has 0 aromatic carbocycles. The predicted molar refractivity (Wildman–Crippen MR) is 75.3 cm³/mol. The Morgan fingerprint density at radius 3 is 1.53 bits per heavy atom. The zero-order chi connectivity index (χ0) is 12.7. The van der Waals surface area contributed by atoms with Crippen LogP contribution in [-0.2, 0) is 0 Å². The fourth-order valence-corrected chi connectivity index (χ4v) is 1.16. The first-order valence-electron chi connectivity index (χ1n) is 6.27. The largest absolute Gasteiger partial charge is 0.0988 e. The molecule has 0 aromatic rings. The van der Waals surface area contributed by atoms with Gasteiger partial charge in [-0.2, -0.15) is 0 Å². The van der Waals surface area contributed by atoms with Crippen LogP contribution in [0.2, 0.25) is 0 Å². The van der Waals surface area contributed by atoms with Gasteiger partial charge in [0.15, 0.2) is 0 Å². The second-order valence-corrected chi connectivity index (χ2v) is 2.46. The second-order valence-electron chi connectivity index (χ2n) is 2.46.